The van der Waals surface area contributed by atoms with Crippen LogP contribution in [0.3, 0.4) is 0 Å². The maximum atomic E-state index is 4.07. The van der Waals surface area contributed by atoms with Gasteiger partial charge in [-0.15, -0.1) is 0 Å². The van der Waals surface area contributed by atoms with E-state index in [-0.39, 0.29) is 0 Å². The van der Waals surface area contributed by atoms with Gasteiger partial charge in [0.1, 0.15) is 0 Å². The normalized spacial score (nSPS) is 14.2. The second-order valence-electron chi connectivity index (χ2n) is 2.14. The van der Waals surface area contributed by atoms with Crippen LogP contribution in [-0.4, -0.2) is 6.21 Å². The van der Waals surface area contributed by atoms with Crippen molar-refractivity contribution in [2.24, 2.45) is 4.99 Å². The van der Waals surface area contributed by atoms with Crippen molar-refractivity contribution in [1.82, 2.24) is 0 Å². The first-order valence-corrected chi connectivity index (χ1v) is 4.20. The summed E-state index contributed by atoms with van der Waals surface area (Å²) in [6.07, 6.45) is 3.64. The number of aliphatic imine (C=N–C) groups is 1. The zero-order valence-corrected chi connectivity index (χ0v) is 6.64. The summed E-state index contributed by atoms with van der Waals surface area (Å²) in [5, 5.41) is 1.96. The maximum absolute atomic E-state index is 4.07. The lowest BCUT2D eigenvalue weighted by Gasteiger charge is -1.96. The third-order valence-corrected chi connectivity index (χ3v) is 2.24. The predicted octanol–water partition coefficient (Wildman–Crippen LogP) is 2.48. The van der Waals surface area contributed by atoms with Gasteiger partial charge in [-0.1, -0.05) is 30.0 Å². The van der Waals surface area contributed by atoms with E-state index >= 15 is 0 Å². The van der Waals surface area contributed by atoms with Crippen LogP contribution in [0.4, 0.5) is 0 Å². The summed E-state index contributed by atoms with van der Waals surface area (Å²) in [6.45, 7) is 0. The lowest BCUT2D eigenvalue weighted by molar-refractivity contribution is 1.42. The molecule has 1 heterocycles. The average Bonchev–Trinajstić information content (AvgIpc) is 2.28. The molecule has 0 spiro atoms. The fraction of sp³-hybridized carbons (Fsp3) is 0. The van der Waals surface area contributed by atoms with E-state index < -0.39 is 0 Å². The second-order valence-corrected chi connectivity index (χ2v) is 3.05. The smallest absolute Gasteiger partial charge is 0.0352 e. The standard InChI is InChI=1S/C9H6NS/c1-2-4-9-8(3-1)7-10-5-6-11-9/h1-3,5-7H. The minimum atomic E-state index is 1.14. The van der Waals surface area contributed by atoms with E-state index in [1.54, 1.807) is 18.0 Å². The molecule has 0 atom stereocenters. The summed E-state index contributed by atoms with van der Waals surface area (Å²) in [6, 6.07) is 9.07. The van der Waals surface area contributed by atoms with E-state index in [1.807, 2.05) is 29.8 Å². The molecule has 53 valence electrons. The monoisotopic (exact) mass is 160 g/mol. The van der Waals surface area contributed by atoms with Gasteiger partial charge in [-0.25, -0.2) is 0 Å². The first-order valence-electron chi connectivity index (χ1n) is 3.32. The summed E-state index contributed by atoms with van der Waals surface area (Å²) in [5.41, 5.74) is 1.14. The molecule has 0 saturated heterocycles. The van der Waals surface area contributed by atoms with Crippen molar-refractivity contribution in [3.8, 4) is 0 Å². The molecule has 0 amide bonds. The van der Waals surface area contributed by atoms with Gasteiger partial charge in [-0.3, -0.25) is 4.99 Å². The highest BCUT2D eigenvalue weighted by Crippen LogP contribution is 2.23. The van der Waals surface area contributed by atoms with Gasteiger partial charge in [0.2, 0.25) is 0 Å². The van der Waals surface area contributed by atoms with Crippen LogP contribution in [0, 0.1) is 6.07 Å². The molecule has 0 bridgehead atoms. The highest BCUT2D eigenvalue weighted by molar-refractivity contribution is 8.02. The summed E-state index contributed by atoms with van der Waals surface area (Å²) >= 11 is 1.65. The molecule has 2 rings (SSSR count). The molecular weight excluding hydrogens is 154 g/mol. The Morgan fingerprint density at radius 1 is 1.45 bits per heavy atom. The van der Waals surface area contributed by atoms with Crippen LogP contribution in [0.2, 0.25) is 0 Å². The minimum absolute atomic E-state index is 1.14. The number of thioether (sulfide) groups is 1. The Labute approximate surface area is 69.8 Å². The van der Waals surface area contributed by atoms with Gasteiger partial charge in [0.15, 0.2) is 0 Å². The van der Waals surface area contributed by atoms with Crippen molar-refractivity contribution >= 4 is 18.0 Å². The molecule has 1 nitrogen and oxygen atoms in total. The van der Waals surface area contributed by atoms with Crippen molar-refractivity contribution in [3.63, 3.8) is 0 Å². The molecule has 1 aromatic rings. The van der Waals surface area contributed by atoms with Crippen molar-refractivity contribution in [3.05, 3.63) is 41.4 Å². The minimum Gasteiger partial charge on any atom is -0.264 e. The summed E-state index contributed by atoms with van der Waals surface area (Å²) in [5.74, 6) is 0. The summed E-state index contributed by atoms with van der Waals surface area (Å²) < 4.78 is 0. The molecule has 1 aromatic carbocycles. The molecule has 1 radical (unpaired) electrons. The van der Waals surface area contributed by atoms with Gasteiger partial charge in [-0.05, 0) is 11.5 Å². The second kappa shape index (κ2) is 2.93. The average molecular weight is 160 g/mol. The van der Waals surface area contributed by atoms with Gasteiger partial charge >= 0.3 is 0 Å². The molecule has 0 fully saturated rings. The highest BCUT2D eigenvalue weighted by atomic mass is 32.2. The number of nitrogens with zero attached hydrogens (tertiary/aromatic N) is 1. The zero-order valence-electron chi connectivity index (χ0n) is 5.82. The van der Waals surface area contributed by atoms with E-state index in [9.17, 15) is 0 Å². The summed E-state index contributed by atoms with van der Waals surface area (Å²) in [7, 11) is 0. The highest BCUT2D eigenvalue weighted by Gasteiger charge is 1.98. The Bertz CT molecular complexity index is 315. The lowest BCUT2D eigenvalue weighted by atomic mass is 10.2. The third-order valence-electron chi connectivity index (χ3n) is 1.40. The van der Waals surface area contributed by atoms with Crippen molar-refractivity contribution in [1.29, 1.82) is 0 Å². The maximum Gasteiger partial charge on any atom is 0.0352 e. The van der Waals surface area contributed by atoms with Crippen LogP contribution >= 0.6 is 11.8 Å². The van der Waals surface area contributed by atoms with Gasteiger partial charge in [-0.2, -0.15) is 0 Å². The van der Waals surface area contributed by atoms with E-state index in [0.717, 1.165) is 10.5 Å². The first kappa shape index (κ1) is 6.68. The molecule has 2 heteroatoms. The van der Waals surface area contributed by atoms with Gasteiger partial charge < -0.3 is 0 Å². The molecule has 1 aliphatic rings. The summed E-state index contributed by atoms with van der Waals surface area (Å²) in [4.78, 5) is 5.21. The predicted molar refractivity (Wildman–Crippen MR) is 47.9 cm³/mol. The molecule has 11 heavy (non-hydrogen) atoms. The SMILES string of the molecule is [c]1cccc2c1SC=CN=C2. The largest absolute Gasteiger partial charge is 0.264 e. The Morgan fingerprint density at radius 2 is 2.45 bits per heavy atom. The number of fused-ring (bicyclic) bond motifs is 1. The van der Waals surface area contributed by atoms with E-state index in [2.05, 4.69) is 11.1 Å². The van der Waals surface area contributed by atoms with E-state index in [4.69, 9.17) is 0 Å². The molecule has 0 saturated carbocycles. The molecular formula is C9H6NS. The van der Waals surface area contributed by atoms with Crippen LogP contribution in [0.15, 0.2) is 39.7 Å². The van der Waals surface area contributed by atoms with Gasteiger partial charge in [0.25, 0.3) is 0 Å². The van der Waals surface area contributed by atoms with Gasteiger partial charge in [0, 0.05) is 22.9 Å². The van der Waals surface area contributed by atoms with Gasteiger partial charge in [0.05, 0.1) is 0 Å². The zero-order chi connectivity index (χ0) is 7.52. The first-order chi connectivity index (χ1) is 5.47. The Balaban J connectivity index is 2.52. The van der Waals surface area contributed by atoms with Crippen molar-refractivity contribution in [2.45, 2.75) is 4.90 Å². The van der Waals surface area contributed by atoms with E-state index in [0.29, 0.717) is 0 Å². The lowest BCUT2D eigenvalue weighted by Crippen LogP contribution is -1.81. The fourth-order valence-corrected chi connectivity index (χ4v) is 1.56. The molecule has 0 aromatic heterocycles. The third kappa shape index (κ3) is 1.35. The molecule has 0 unspecified atom stereocenters. The topological polar surface area (TPSA) is 12.4 Å². The quantitative estimate of drug-likeness (QED) is 0.568. The van der Waals surface area contributed by atoms with Crippen LogP contribution in [-0.2, 0) is 0 Å². The Morgan fingerprint density at radius 3 is 3.45 bits per heavy atom. The Hall–Kier alpha value is -1.02. The molecule has 1 aliphatic heterocycles. The van der Waals surface area contributed by atoms with E-state index in [1.165, 1.54) is 0 Å². The van der Waals surface area contributed by atoms with Crippen LogP contribution in [0.1, 0.15) is 5.56 Å². The molecule has 0 aliphatic carbocycles. The fourth-order valence-electron chi connectivity index (χ4n) is 0.895. The number of benzene rings is 1. The molecule has 0 N–H and O–H groups in total. The number of hydrogen-bond donors (Lipinski definition) is 0. The van der Waals surface area contributed by atoms with Crippen molar-refractivity contribution in [2.75, 3.05) is 0 Å². The van der Waals surface area contributed by atoms with Crippen LogP contribution in [0.5, 0.6) is 0 Å². The number of hydrogen-bond acceptors (Lipinski definition) is 2. The van der Waals surface area contributed by atoms with Crippen molar-refractivity contribution < 1.29 is 0 Å². The van der Waals surface area contributed by atoms with Crippen LogP contribution in [0.25, 0.3) is 0 Å². The number of rotatable bonds is 0. The van der Waals surface area contributed by atoms with Crippen LogP contribution < -0.4 is 0 Å². The Kier molecular flexibility index (Phi) is 1.78.